The van der Waals surface area contributed by atoms with Gasteiger partial charge in [0, 0.05) is 22.7 Å². The predicted molar refractivity (Wildman–Crippen MR) is 119 cm³/mol. The molecule has 0 aliphatic heterocycles. The summed E-state index contributed by atoms with van der Waals surface area (Å²) in [6.07, 6.45) is 7.56. The topological polar surface area (TPSA) is 95.5 Å². The number of benzene rings is 2. The van der Waals surface area contributed by atoms with Crippen LogP contribution in [0.15, 0.2) is 54.6 Å². The van der Waals surface area contributed by atoms with Crippen LogP contribution in [0.25, 0.3) is 0 Å². The lowest BCUT2D eigenvalue weighted by atomic mass is 9.96. The van der Waals surface area contributed by atoms with E-state index in [-0.39, 0.29) is 23.3 Å². The molecule has 3 N–H and O–H groups in total. The molecule has 0 saturated heterocycles. The molecule has 1 fully saturated rings. The fourth-order valence-corrected chi connectivity index (χ4v) is 3.90. The second kappa shape index (κ2) is 11.4. The summed E-state index contributed by atoms with van der Waals surface area (Å²) in [6, 6.07) is 14.2. The Morgan fingerprint density at radius 1 is 0.839 bits per heavy atom. The number of rotatable bonds is 7. The van der Waals surface area contributed by atoms with E-state index < -0.39 is 18.6 Å². The largest absolute Gasteiger partial charge is 0.394 e. The zero-order valence-corrected chi connectivity index (χ0v) is 17.7. The van der Waals surface area contributed by atoms with Gasteiger partial charge in [0.25, 0.3) is 5.91 Å². The summed E-state index contributed by atoms with van der Waals surface area (Å²) in [5.74, 6) is -1.07. The maximum atomic E-state index is 12.7. The highest BCUT2D eigenvalue weighted by Crippen LogP contribution is 2.17. The molecule has 31 heavy (non-hydrogen) atoms. The van der Waals surface area contributed by atoms with Gasteiger partial charge in [0.05, 0.1) is 6.61 Å². The number of carbonyl (C=O) groups excluding carboxylic acids is 3. The molecule has 0 unspecified atom stereocenters. The minimum atomic E-state index is -1.04. The molecule has 1 aliphatic carbocycles. The Morgan fingerprint density at radius 2 is 1.45 bits per heavy atom. The second-order valence-electron chi connectivity index (χ2n) is 8.04. The van der Waals surface area contributed by atoms with Gasteiger partial charge >= 0.3 is 0 Å². The summed E-state index contributed by atoms with van der Waals surface area (Å²) >= 11 is 0. The molecular weight excluding hydrogens is 392 g/mol. The van der Waals surface area contributed by atoms with Crippen LogP contribution in [-0.4, -0.2) is 41.4 Å². The van der Waals surface area contributed by atoms with Gasteiger partial charge in [0.1, 0.15) is 6.04 Å². The fraction of sp³-hybridized carbons (Fsp3) is 0.400. The Bertz CT molecular complexity index is 889. The van der Waals surface area contributed by atoms with Crippen LogP contribution in [0.4, 0.5) is 0 Å². The van der Waals surface area contributed by atoms with Crippen LogP contribution in [0.5, 0.6) is 0 Å². The van der Waals surface area contributed by atoms with Gasteiger partial charge in [-0.25, -0.2) is 0 Å². The van der Waals surface area contributed by atoms with E-state index >= 15 is 0 Å². The first kappa shape index (κ1) is 22.7. The Balaban J connectivity index is 1.63. The summed E-state index contributed by atoms with van der Waals surface area (Å²) in [5, 5.41) is 15.3. The maximum Gasteiger partial charge on any atom is 0.252 e. The molecule has 164 valence electrons. The number of aliphatic hydroxyl groups excluding tert-OH is 1. The number of amides is 2. The van der Waals surface area contributed by atoms with E-state index in [9.17, 15) is 19.5 Å². The lowest BCUT2D eigenvalue weighted by Gasteiger charge is -2.24. The highest BCUT2D eigenvalue weighted by molar-refractivity contribution is 6.10. The van der Waals surface area contributed by atoms with Gasteiger partial charge in [-0.15, -0.1) is 0 Å². The molecule has 2 amide bonds. The highest BCUT2D eigenvalue weighted by Gasteiger charge is 2.24. The quantitative estimate of drug-likeness (QED) is 0.597. The van der Waals surface area contributed by atoms with Crippen molar-refractivity contribution in [3.05, 3.63) is 71.3 Å². The first-order valence-electron chi connectivity index (χ1n) is 11.0. The molecule has 0 aromatic heterocycles. The lowest BCUT2D eigenvalue weighted by molar-refractivity contribution is -0.124. The molecule has 0 heterocycles. The molecule has 6 heteroatoms. The highest BCUT2D eigenvalue weighted by atomic mass is 16.3. The minimum Gasteiger partial charge on any atom is -0.394 e. The number of hydrogen-bond acceptors (Lipinski definition) is 4. The van der Waals surface area contributed by atoms with Crippen LogP contribution in [0.1, 0.15) is 71.2 Å². The normalized spacial score (nSPS) is 15.9. The average Bonchev–Trinajstić information content (AvgIpc) is 2.79. The van der Waals surface area contributed by atoms with Gasteiger partial charge in [0.2, 0.25) is 5.91 Å². The van der Waals surface area contributed by atoms with Gasteiger partial charge in [-0.1, -0.05) is 74.6 Å². The van der Waals surface area contributed by atoms with Gasteiger partial charge in [-0.3, -0.25) is 14.4 Å². The molecule has 2 aromatic rings. The van der Waals surface area contributed by atoms with E-state index in [1.807, 2.05) is 6.07 Å². The Labute approximate surface area is 183 Å². The van der Waals surface area contributed by atoms with Gasteiger partial charge < -0.3 is 15.7 Å². The number of nitrogens with one attached hydrogen (secondary N) is 2. The summed E-state index contributed by atoms with van der Waals surface area (Å²) in [4.78, 5) is 38.0. The third kappa shape index (κ3) is 6.49. The van der Waals surface area contributed by atoms with Crippen molar-refractivity contribution in [3.8, 4) is 0 Å². The van der Waals surface area contributed by atoms with Crippen molar-refractivity contribution >= 4 is 17.6 Å². The van der Waals surface area contributed by atoms with E-state index in [4.69, 9.17) is 0 Å². The molecule has 6 nitrogen and oxygen atoms in total. The van der Waals surface area contributed by atoms with Crippen LogP contribution in [0.3, 0.4) is 0 Å². The summed E-state index contributed by atoms with van der Waals surface area (Å²) in [6.45, 7) is -0.493. The van der Waals surface area contributed by atoms with Crippen molar-refractivity contribution in [2.75, 3.05) is 6.61 Å². The zero-order chi connectivity index (χ0) is 22.1. The molecule has 1 aliphatic rings. The van der Waals surface area contributed by atoms with Crippen LogP contribution in [0, 0.1) is 0 Å². The van der Waals surface area contributed by atoms with E-state index in [0.29, 0.717) is 11.1 Å². The maximum absolute atomic E-state index is 12.7. The molecule has 0 radical (unpaired) electrons. The smallest absolute Gasteiger partial charge is 0.252 e. The van der Waals surface area contributed by atoms with E-state index in [1.165, 1.54) is 25.3 Å². The van der Waals surface area contributed by atoms with Crippen LogP contribution in [-0.2, 0) is 4.79 Å². The van der Waals surface area contributed by atoms with Crippen molar-refractivity contribution in [3.63, 3.8) is 0 Å². The van der Waals surface area contributed by atoms with Gasteiger partial charge in [-0.2, -0.15) is 0 Å². The molecule has 2 aromatic carbocycles. The number of carbonyl (C=O) groups is 3. The van der Waals surface area contributed by atoms with Crippen molar-refractivity contribution in [1.29, 1.82) is 0 Å². The predicted octanol–water partition coefficient (Wildman–Crippen LogP) is 3.24. The Hall–Kier alpha value is -2.99. The molecular formula is C25H30N2O4. The van der Waals surface area contributed by atoms with Crippen LogP contribution >= 0.6 is 0 Å². The monoisotopic (exact) mass is 422 g/mol. The average molecular weight is 423 g/mol. The van der Waals surface area contributed by atoms with E-state index in [1.54, 1.807) is 42.5 Å². The minimum absolute atomic E-state index is 0.0746. The van der Waals surface area contributed by atoms with Crippen molar-refractivity contribution in [2.45, 2.75) is 57.0 Å². The Kier molecular flexibility index (Phi) is 8.35. The van der Waals surface area contributed by atoms with E-state index in [2.05, 4.69) is 10.6 Å². The third-order valence-electron chi connectivity index (χ3n) is 5.68. The summed E-state index contributed by atoms with van der Waals surface area (Å²) in [7, 11) is 0. The van der Waals surface area contributed by atoms with Crippen molar-refractivity contribution < 1.29 is 19.5 Å². The molecule has 1 atom stereocenters. The molecule has 1 saturated carbocycles. The molecule has 0 spiro atoms. The number of ketones is 1. The van der Waals surface area contributed by atoms with Crippen LogP contribution in [0.2, 0.25) is 0 Å². The first-order valence-corrected chi connectivity index (χ1v) is 11.0. The fourth-order valence-electron chi connectivity index (χ4n) is 3.90. The van der Waals surface area contributed by atoms with Crippen molar-refractivity contribution in [1.82, 2.24) is 10.6 Å². The molecule has 3 rings (SSSR count). The Morgan fingerprint density at radius 3 is 2.13 bits per heavy atom. The van der Waals surface area contributed by atoms with Gasteiger partial charge in [-0.05, 0) is 25.0 Å². The third-order valence-corrected chi connectivity index (χ3v) is 5.68. The summed E-state index contributed by atoms with van der Waals surface area (Å²) < 4.78 is 0. The number of hydrogen-bond donors (Lipinski definition) is 3. The van der Waals surface area contributed by atoms with Gasteiger partial charge in [0.15, 0.2) is 5.78 Å². The SMILES string of the molecule is O=C(N[C@@H](CO)C(=O)NC1CCCCCCC1)c1cccc(C(=O)c2ccccc2)c1. The first-order chi connectivity index (χ1) is 15.1. The second-order valence-corrected chi connectivity index (χ2v) is 8.04. The summed E-state index contributed by atoms with van der Waals surface area (Å²) in [5.41, 5.74) is 1.18. The van der Waals surface area contributed by atoms with Crippen molar-refractivity contribution in [2.24, 2.45) is 0 Å². The lowest BCUT2D eigenvalue weighted by Crippen LogP contribution is -2.51. The standard InChI is InChI=1S/C25H30N2O4/c28-17-22(25(31)26-21-14-7-2-1-3-8-15-21)27-24(30)20-13-9-12-19(16-20)23(29)18-10-5-4-6-11-18/h4-6,9-13,16,21-22,28H,1-3,7-8,14-15,17H2,(H,26,31)(H,27,30)/t22-/m0/s1. The molecule has 0 bridgehead atoms. The zero-order valence-electron chi connectivity index (χ0n) is 17.7. The van der Waals surface area contributed by atoms with E-state index in [0.717, 1.165) is 25.7 Å². The van der Waals surface area contributed by atoms with Crippen LogP contribution < -0.4 is 10.6 Å². The number of aliphatic hydroxyl groups is 1.